The molecular formula is C25H21ClN2O5. The van der Waals surface area contributed by atoms with E-state index in [0.717, 1.165) is 22.3 Å². The second-order valence-corrected chi connectivity index (χ2v) is 8.11. The maximum Gasteiger partial charge on any atom is 0.407 e. The highest BCUT2D eigenvalue weighted by Gasteiger charge is 2.29. The summed E-state index contributed by atoms with van der Waals surface area (Å²) < 4.78 is 5.45. The summed E-state index contributed by atoms with van der Waals surface area (Å²) in [5.41, 5.74) is 4.33. The summed E-state index contributed by atoms with van der Waals surface area (Å²) in [6, 6.07) is 19.0. The number of aromatic carboxylic acids is 1. The zero-order chi connectivity index (χ0) is 23.5. The molecular weight excluding hydrogens is 444 g/mol. The minimum atomic E-state index is -1.21. The van der Waals surface area contributed by atoms with Crippen LogP contribution in [0, 0.1) is 0 Å². The average Bonchev–Trinajstić information content (AvgIpc) is 3.11. The summed E-state index contributed by atoms with van der Waals surface area (Å²) in [5.74, 6) is -1.91. The highest BCUT2D eigenvalue weighted by molar-refractivity contribution is 6.31. The lowest BCUT2D eigenvalue weighted by atomic mass is 9.98. The molecule has 0 heterocycles. The van der Waals surface area contributed by atoms with E-state index in [0.29, 0.717) is 0 Å². The molecule has 1 atom stereocenters. The van der Waals surface area contributed by atoms with Gasteiger partial charge in [-0.15, -0.1) is 0 Å². The summed E-state index contributed by atoms with van der Waals surface area (Å²) in [5, 5.41) is 14.5. The fourth-order valence-corrected chi connectivity index (χ4v) is 4.10. The number of anilines is 1. The normalized spacial score (nSPS) is 12.9. The molecule has 2 amide bonds. The predicted molar refractivity (Wildman–Crippen MR) is 125 cm³/mol. The maximum absolute atomic E-state index is 12.5. The summed E-state index contributed by atoms with van der Waals surface area (Å²) in [6.45, 7) is 1.59. The smallest absolute Gasteiger partial charge is 0.407 e. The molecule has 0 aliphatic heterocycles. The molecule has 0 bridgehead atoms. The first kappa shape index (κ1) is 22.4. The quantitative estimate of drug-likeness (QED) is 0.481. The molecule has 0 saturated heterocycles. The molecule has 0 radical (unpaired) electrons. The molecule has 0 spiro atoms. The number of benzene rings is 3. The molecule has 4 rings (SSSR count). The van der Waals surface area contributed by atoms with Gasteiger partial charge in [-0.2, -0.15) is 0 Å². The van der Waals surface area contributed by atoms with Crippen LogP contribution in [0.2, 0.25) is 5.02 Å². The van der Waals surface area contributed by atoms with Gasteiger partial charge < -0.3 is 20.5 Å². The van der Waals surface area contributed by atoms with Crippen LogP contribution in [0.5, 0.6) is 0 Å². The number of carboxylic acid groups (broad SMARTS) is 1. The van der Waals surface area contributed by atoms with Crippen LogP contribution >= 0.6 is 11.6 Å². The molecule has 3 N–H and O–H groups in total. The average molecular weight is 465 g/mol. The molecule has 1 aliphatic carbocycles. The number of carbonyl (C=O) groups excluding carboxylic acids is 2. The van der Waals surface area contributed by atoms with Crippen molar-refractivity contribution in [2.75, 3.05) is 11.9 Å². The van der Waals surface area contributed by atoms with E-state index in [9.17, 15) is 19.5 Å². The predicted octanol–water partition coefficient (Wildman–Crippen LogP) is 4.90. The van der Waals surface area contributed by atoms with Crippen molar-refractivity contribution in [3.63, 3.8) is 0 Å². The van der Waals surface area contributed by atoms with Gasteiger partial charge in [-0.05, 0) is 47.4 Å². The van der Waals surface area contributed by atoms with Crippen LogP contribution in [0.15, 0.2) is 66.7 Å². The Morgan fingerprint density at radius 2 is 1.61 bits per heavy atom. The van der Waals surface area contributed by atoms with Gasteiger partial charge in [0.15, 0.2) is 0 Å². The van der Waals surface area contributed by atoms with Crippen molar-refractivity contribution in [3.05, 3.63) is 88.4 Å². The van der Waals surface area contributed by atoms with Crippen LogP contribution in [-0.2, 0) is 9.53 Å². The monoisotopic (exact) mass is 464 g/mol. The number of halogens is 1. The lowest BCUT2D eigenvalue weighted by Crippen LogP contribution is -2.42. The first-order chi connectivity index (χ1) is 15.8. The van der Waals surface area contributed by atoms with Crippen LogP contribution < -0.4 is 10.6 Å². The Labute approximate surface area is 195 Å². The van der Waals surface area contributed by atoms with E-state index in [1.807, 2.05) is 48.5 Å². The molecule has 3 aromatic rings. The van der Waals surface area contributed by atoms with Gasteiger partial charge in [0.1, 0.15) is 12.6 Å². The number of carboxylic acids is 1. The van der Waals surface area contributed by atoms with Crippen LogP contribution in [0.1, 0.15) is 34.3 Å². The van der Waals surface area contributed by atoms with Crippen molar-refractivity contribution < 1.29 is 24.2 Å². The second-order valence-electron chi connectivity index (χ2n) is 7.68. The van der Waals surface area contributed by atoms with Crippen molar-refractivity contribution in [3.8, 4) is 11.1 Å². The molecule has 0 aromatic heterocycles. The summed E-state index contributed by atoms with van der Waals surface area (Å²) >= 11 is 5.91. The number of amides is 2. The molecule has 0 unspecified atom stereocenters. The van der Waals surface area contributed by atoms with Crippen molar-refractivity contribution in [1.29, 1.82) is 0 Å². The van der Waals surface area contributed by atoms with Gasteiger partial charge in [-0.1, -0.05) is 60.1 Å². The number of ether oxygens (including phenoxy) is 1. The molecule has 1 aliphatic rings. The fraction of sp³-hybridized carbons (Fsp3) is 0.160. The van der Waals surface area contributed by atoms with Gasteiger partial charge >= 0.3 is 12.1 Å². The SMILES string of the molecule is C[C@@H](NC(=O)OCC1c2ccccc2-c2ccccc21)C(=O)Nc1cc(Cl)ccc1C(=O)O. The van der Waals surface area contributed by atoms with E-state index in [1.165, 1.54) is 25.1 Å². The van der Waals surface area contributed by atoms with Gasteiger partial charge in [0.05, 0.1) is 11.3 Å². The Bertz CT molecular complexity index is 1200. The molecule has 168 valence electrons. The standard InChI is InChI=1S/C25H21ClN2O5/c1-14(23(29)28-22-12-15(26)10-11-20(22)24(30)31)27-25(32)33-13-21-18-8-4-2-6-16(18)17-7-3-5-9-19(17)21/h2-12,14,21H,13H2,1H3,(H,27,32)(H,28,29)(H,30,31)/t14-/m1/s1. The number of fused-ring (bicyclic) bond motifs is 3. The lowest BCUT2D eigenvalue weighted by Gasteiger charge is -2.17. The van der Waals surface area contributed by atoms with Gasteiger partial charge in [0.2, 0.25) is 5.91 Å². The van der Waals surface area contributed by atoms with Crippen LogP contribution in [-0.4, -0.2) is 35.7 Å². The van der Waals surface area contributed by atoms with E-state index >= 15 is 0 Å². The van der Waals surface area contributed by atoms with E-state index in [2.05, 4.69) is 10.6 Å². The van der Waals surface area contributed by atoms with Gasteiger partial charge in [-0.3, -0.25) is 4.79 Å². The topological polar surface area (TPSA) is 105 Å². The molecule has 0 saturated carbocycles. The Morgan fingerprint density at radius 3 is 2.21 bits per heavy atom. The minimum absolute atomic E-state index is 0.0428. The zero-order valence-electron chi connectivity index (χ0n) is 17.7. The van der Waals surface area contributed by atoms with Crippen LogP contribution in [0.25, 0.3) is 11.1 Å². The number of hydrogen-bond acceptors (Lipinski definition) is 4. The van der Waals surface area contributed by atoms with E-state index in [1.54, 1.807) is 0 Å². The van der Waals surface area contributed by atoms with Crippen molar-refractivity contribution >= 4 is 35.3 Å². The molecule has 7 nitrogen and oxygen atoms in total. The maximum atomic E-state index is 12.5. The number of alkyl carbamates (subject to hydrolysis) is 1. The highest BCUT2D eigenvalue weighted by atomic mass is 35.5. The first-order valence-corrected chi connectivity index (χ1v) is 10.7. The van der Waals surface area contributed by atoms with Crippen molar-refractivity contribution in [1.82, 2.24) is 5.32 Å². The zero-order valence-corrected chi connectivity index (χ0v) is 18.4. The summed E-state index contributed by atoms with van der Waals surface area (Å²) in [7, 11) is 0. The van der Waals surface area contributed by atoms with E-state index < -0.39 is 24.0 Å². The fourth-order valence-electron chi connectivity index (χ4n) is 3.93. The molecule has 8 heteroatoms. The Kier molecular flexibility index (Phi) is 6.33. The minimum Gasteiger partial charge on any atom is -0.478 e. The third-order valence-electron chi connectivity index (χ3n) is 5.54. The van der Waals surface area contributed by atoms with E-state index in [-0.39, 0.29) is 28.8 Å². The van der Waals surface area contributed by atoms with Crippen LogP contribution in [0.3, 0.4) is 0 Å². The number of carbonyl (C=O) groups is 3. The molecule has 3 aromatic carbocycles. The van der Waals surface area contributed by atoms with Gasteiger partial charge in [-0.25, -0.2) is 9.59 Å². The third-order valence-corrected chi connectivity index (χ3v) is 5.78. The highest BCUT2D eigenvalue weighted by Crippen LogP contribution is 2.44. The van der Waals surface area contributed by atoms with Gasteiger partial charge in [0.25, 0.3) is 0 Å². The largest absolute Gasteiger partial charge is 0.478 e. The number of rotatable bonds is 6. The number of hydrogen-bond donors (Lipinski definition) is 3. The molecule has 0 fully saturated rings. The Morgan fingerprint density at radius 1 is 1.00 bits per heavy atom. The third kappa shape index (κ3) is 4.68. The van der Waals surface area contributed by atoms with E-state index in [4.69, 9.17) is 16.3 Å². The van der Waals surface area contributed by atoms with Gasteiger partial charge in [0, 0.05) is 10.9 Å². The Balaban J connectivity index is 1.38. The van der Waals surface area contributed by atoms with Crippen molar-refractivity contribution in [2.24, 2.45) is 0 Å². The second kappa shape index (κ2) is 9.34. The summed E-state index contributed by atoms with van der Waals surface area (Å²) in [6.07, 6.45) is -0.746. The van der Waals surface area contributed by atoms with Crippen molar-refractivity contribution in [2.45, 2.75) is 18.9 Å². The lowest BCUT2D eigenvalue weighted by molar-refractivity contribution is -0.117. The first-order valence-electron chi connectivity index (χ1n) is 10.3. The number of nitrogens with one attached hydrogen (secondary N) is 2. The van der Waals surface area contributed by atoms with Crippen LogP contribution in [0.4, 0.5) is 10.5 Å². The summed E-state index contributed by atoms with van der Waals surface area (Å²) in [4.78, 5) is 36.3. The molecule has 33 heavy (non-hydrogen) atoms. The Hall–Kier alpha value is -3.84.